The Morgan fingerprint density at radius 3 is 2.81 bits per heavy atom. The fourth-order valence-corrected chi connectivity index (χ4v) is 4.99. The lowest BCUT2D eigenvalue weighted by molar-refractivity contribution is 0.600. The van der Waals surface area contributed by atoms with Gasteiger partial charge in [0.1, 0.15) is 6.07 Å². The van der Waals surface area contributed by atoms with E-state index >= 15 is 0 Å². The van der Waals surface area contributed by atoms with Crippen LogP contribution in [-0.2, 0) is 10.0 Å². The molecule has 0 unspecified atom stereocenters. The number of aromatic amines is 1. The summed E-state index contributed by atoms with van der Waals surface area (Å²) in [7, 11) is -3.88. The first kappa shape index (κ1) is 17.2. The third-order valence-corrected chi connectivity index (χ3v) is 6.82. The number of anilines is 1. The van der Waals surface area contributed by atoms with Gasteiger partial charge in [-0.25, -0.2) is 4.98 Å². The third kappa shape index (κ3) is 3.05. The molecule has 134 valence electrons. The number of thiazole rings is 1. The largest absolute Gasteiger partial charge is 0.358 e. The van der Waals surface area contributed by atoms with Crippen LogP contribution in [0.3, 0.4) is 0 Å². The summed E-state index contributed by atoms with van der Waals surface area (Å²) in [6.07, 6.45) is 4.70. The Bertz CT molecular complexity index is 1280. The number of sulfonamides is 1. The van der Waals surface area contributed by atoms with Crippen LogP contribution in [0.2, 0.25) is 0 Å². The van der Waals surface area contributed by atoms with Gasteiger partial charge in [-0.1, -0.05) is 23.5 Å². The number of rotatable bonds is 4. The molecule has 0 aliphatic heterocycles. The summed E-state index contributed by atoms with van der Waals surface area (Å²) >= 11 is 1.04. The summed E-state index contributed by atoms with van der Waals surface area (Å²) in [4.78, 5) is 11.9. The number of fused-ring (bicyclic) bond motifs is 1. The van der Waals surface area contributed by atoms with E-state index < -0.39 is 10.0 Å². The van der Waals surface area contributed by atoms with Crippen LogP contribution in [0.4, 0.5) is 5.69 Å². The van der Waals surface area contributed by atoms with Gasteiger partial charge in [-0.2, -0.15) is 13.7 Å². The van der Waals surface area contributed by atoms with Gasteiger partial charge in [0.05, 0.1) is 27.3 Å². The summed E-state index contributed by atoms with van der Waals surface area (Å²) < 4.78 is 28.1. The standard InChI is InChI=1S/C18H13N5O2S2/c1-11-5-6-14(17-16(11)12(8-19)9-21-17)23-27(24,25)18-22-10-15(26-18)13-4-2-3-7-20-13/h2-7,9-10,21,23H,1H3. The molecule has 9 heteroatoms. The second-order valence-corrected chi connectivity index (χ2v) is 8.69. The molecule has 0 amide bonds. The highest BCUT2D eigenvalue weighted by molar-refractivity contribution is 7.94. The van der Waals surface area contributed by atoms with E-state index in [9.17, 15) is 13.7 Å². The van der Waals surface area contributed by atoms with Crippen LogP contribution in [0, 0.1) is 18.3 Å². The van der Waals surface area contributed by atoms with E-state index in [1.807, 2.05) is 13.0 Å². The van der Waals surface area contributed by atoms with E-state index in [1.165, 1.54) is 6.20 Å². The van der Waals surface area contributed by atoms with E-state index in [-0.39, 0.29) is 4.34 Å². The van der Waals surface area contributed by atoms with Crippen LogP contribution in [0.15, 0.2) is 53.3 Å². The number of H-pyrrole nitrogens is 1. The number of aromatic nitrogens is 3. The topological polar surface area (TPSA) is 112 Å². The Morgan fingerprint density at radius 2 is 2.07 bits per heavy atom. The second-order valence-electron chi connectivity index (χ2n) is 5.81. The average molecular weight is 395 g/mol. The predicted molar refractivity (Wildman–Crippen MR) is 104 cm³/mol. The van der Waals surface area contributed by atoms with Crippen molar-refractivity contribution in [2.45, 2.75) is 11.3 Å². The van der Waals surface area contributed by atoms with Gasteiger partial charge in [0.15, 0.2) is 0 Å². The van der Waals surface area contributed by atoms with Crippen molar-refractivity contribution in [2.24, 2.45) is 0 Å². The molecule has 0 spiro atoms. The van der Waals surface area contributed by atoms with Crippen LogP contribution in [-0.4, -0.2) is 23.4 Å². The summed E-state index contributed by atoms with van der Waals surface area (Å²) in [5.74, 6) is 0. The molecule has 1 aromatic carbocycles. The van der Waals surface area contributed by atoms with Crippen LogP contribution in [0.5, 0.6) is 0 Å². The fraction of sp³-hybridized carbons (Fsp3) is 0.0556. The molecule has 0 saturated carbocycles. The van der Waals surface area contributed by atoms with Crippen molar-refractivity contribution >= 4 is 38.0 Å². The number of pyridine rings is 1. The Kier molecular flexibility index (Phi) is 4.14. The summed E-state index contributed by atoms with van der Waals surface area (Å²) in [6, 6.07) is 11.0. The van der Waals surface area contributed by atoms with Crippen LogP contribution < -0.4 is 4.72 Å². The van der Waals surface area contributed by atoms with Gasteiger partial charge in [-0.3, -0.25) is 9.71 Å². The monoisotopic (exact) mass is 395 g/mol. The molecule has 4 rings (SSSR count). The lowest BCUT2D eigenvalue weighted by Gasteiger charge is -2.08. The number of nitrogens with one attached hydrogen (secondary N) is 2. The quantitative estimate of drug-likeness (QED) is 0.548. The molecule has 0 aliphatic carbocycles. The summed E-state index contributed by atoms with van der Waals surface area (Å²) in [5.41, 5.74) is 2.95. The lowest BCUT2D eigenvalue weighted by Crippen LogP contribution is -2.13. The van der Waals surface area contributed by atoms with Gasteiger partial charge in [0.25, 0.3) is 10.0 Å². The Balaban J connectivity index is 1.72. The molecule has 0 aliphatic rings. The number of aryl methyl sites for hydroxylation is 1. The molecule has 0 bridgehead atoms. The van der Waals surface area contributed by atoms with Crippen LogP contribution >= 0.6 is 11.3 Å². The maximum Gasteiger partial charge on any atom is 0.289 e. The van der Waals surface area contributed by atoms with E-state index in [4.69, 9.17) is 0 Å². The van der Waals surface area contributed by atoms with Crippen molar-refractivity contribution in [1.82, 2.24) is 15.0 Å². The molecule has 27 heavy (non-hydrogen) atoms. The Labute approximate surface area is 159 Å². The van der Waals surface area contributed by atoms with Crippen molar-refractivity contribution in [3.8, 4) is 16.6 Å². The Hall–Kier alpha value is -3.22. The molecule has 0 fully saturated rings. The molecular formula is C18H13N5O2S2. The number of nitrogens with zero attached hydrogens (tertiary/aromatic N) is 3. The van der Waals surface area contributed by atoms with Gasteiger partial charge < -0.3 is 4.98 Å². The fourth-order valence-electron chi connectivity index (χ4n) is 2.79. The third-order valence-electron chi connectivity index (χ3n) is 4.04. The first-order chi connectivity index (χ1) is 13.0. The molecule has 3 heterocycles. The zero-order chi connectivity index (χ0) is 19.0. The SMILES string of the molecule is Cc1ccc(NS(=O)(=O)c2ncc(-c3ccccn3)s2)c2[nH]cc(C#N)c12. The first-order valence-electron chi connectivity index (χ1n) is 7.90. The van der Waals surface area contributed by atoms with Crippen molar-refractivity contribution < 1.29 is 8.42 Å². The highest BCUT2D eigenvalue weighted by Gasteiger charge is 2.22. The molecule has 2 N–H and O–H groups in total. The van der Waals surface area contributed by atoms with E-state index in [0.717, 1.165) is 16.9 Å². The van der Waals surface area contributed by atoms with Gasteiger partial charge in [-0.15, -0.1) is 0 Å². The number of nitriles is 1. The second kappa shape index (κ2) is 6.50. The average Bonchev–Trinajstić information content (AvgIpc) is 3.32. The van der Waals surface area contributed by atoms with Crippen molar-refractivity contribution in [1.29, 1.82) is 5.26 Å². The van der Waals surface area contributed by atoms with Crippen molar-refractivity contribution in [2.75, 3.05) is 4.72 Å². The van der Waals surface area contributed by atoms with Crippen LogP contribution in [0.25, 0.3) is 21.5 Å². The molecule has 7 nitrogen and oxygen atoms in total. The Morgan fingerprint density at radius 1 is 1.22 bits per heavy atom. The van der Waals surface area contributed by atoms with Gasteiger partial charge in [0.2, 0.25) is 4.34 Å². The zero-order valence-corrected chi connectivity index (χ0v) is 15.7. The van der Waals surface area contributed by atoms with Gasteiger partial charge in [0, 0.05) is 24.0 Å². The minimum atomic E-state index is -3.88. The minimum absolute atomic E-state index is 0.0519. The number of hydrogen-bond acceptors (Lipinski definition) is 6. The van der Waals surface area contributed by atoms with Crippen molar-refractivity contribution in [3.05, 3.63) is 60.0 Å². The van der Waals surface area contributed by atoms with E-state index in [0.29, 0.717) is 32.7 Å². The molecule has 3 aromatic heterocycles. The van der Waals surface area contributed by atoms with E-state index in [2.05, 4.69) is 25.7 Å². The lowest BCUT2D eigenvalue weighted by atomic mass is 10.1. The summed E-state index contributed by atoms with van der Waals surface area (Å²) in [6.45, 7) is 1.87. The summed E-state index contributed by atoms with van der Waals surface area (Å²) in [5, 5.41) is 9.94. The smallest absolute Gasteiger partial charge is 0.289 e. The zero-order valence-electron chi connectivity index (χ0n) is 14.1. The molecule has 4 aromatic rings. The van der Waals surface area contributed by atoms with Gasteiger partial charge in [-0.05, 0) is 30.7 Å². The normalized spacial score (nSPS) is 11.4. The number of benzene rings is 1. The van der Waals surface area contributed by atoms with Crippen molar-refractivity contribution in [3.63, 3.8) is 0 Å². The maximum absolute atomic E-state index is 12.8. The highest BCUT2D eigenvalue weighted by atomic mass is 32.2. The highest BCUT2D eigenvalue weighted by Crippen LogP contribution is 2.32. The van der Waals surface area contributed by atoms with E-state index in [1.54, 1.807) is 36.7 Å². The van der Waals surface area contributed by atoms with Gasteiger partial charge >= 0.3 is 0 Å². The first-order valence-corrected chi connectivity index (χ1v) is 10.2. The maximum atomic E-state index is 12.8. The molecule has 0 saturated heterocycles. The molecule has 0 atom stereocenters. The number of hydrogen-bond donors (Lipinski definition) is 2. The minimum Gasteiger partial charge on any atom is -0.358 e. The molecular weight excluding hydrogens is 382 g/mol. The van der Waals surface area contributed by atoms with Crippen LogP contribution in [0.1, 0.15) is 11.1 Å². The molecule has 0 radical (unpaired) electrons. The predicted octanol–water partition coefficient (Wildman–Crippen LogP) is 3.67.